The lowest BCUT2D eigenvalue weighted by Crippen LogP contribution is -2.54. The molecule has 2 bridgehead atoms. The number of anilines is 1. The van der Waals surface area contributed by atoms with Gasteiger partial charge in [0.25, 0.3) is 0 Å². The Morgan fingerprint density at radius 1 is 1.19 bits per heavy atom. The first-order valence-corrected chi connectivity index (χ1v) is 11.1. The molecule has 0 spiro atoms. The Hall–Kier alpha value is -3.19. The summed E-state index contributed by atoms with van der Waals surface area (Å²) in [7, 11) is 1.98. The Bertz CT molecular complexity index is 1080. The molecule has 0 saturated carbocycles. The number of nitrogens with one attached hydrogen (secondary N) is 1. The normalized spacial score (nSPS) is 24.3. The third kappa shape index (κ3) is 4.25. The summed E-state index contributed by atoms with van der Waals surface area (Å²) < 4.78 is 20.8. The van der Waals surface area contributed by atoms with Crippen molar-refractivity contribution in [2.24, 2.45) is 13.0 Å². The summed E-state index contributed by atoms with van der Waals surface area (Å²) in [6.45, 7) is 2.35. The van der Waals surface area contributed by atoms with Gasteiger partial charge in [0, 0.05) is 42.5 Å². The van der Waals surface area contributed by atoms with Crippen LogP contribution in [0.2, 0.25) is 0 Å². The average molecular weight is 435 g/mol. The van der Waals surface area contributed by atoms with Gasteiger partial charge in [-0.15, -0.1) is 0 Å². The van der Waals surface area contributed by atoms with Crippen LogP contribution in [0.4, 0.5) is 14.9 Å². The number of aryl methyl sites for hydroxylation is 1. The number of carbonyl (C=O) groups excluding carboxylic acids is 1. The minimum absolute atomic E-state index is 0.243. The first kappa shape index (κ1) is 20.7. The Balaban J connectivity index is 1.22. The molecule has 3 aliphatic heterocycles. The molecule has 2 aromatic carbocycles. The summed E-state index contributed by atoms with van der Waals surface area (Å²) in [5.41, 5.74) is 3.73. The van der Waals surface area contributed by atoms with Crippen molar-refractivity contribution in [1.82, 2.24) is 14.7 Å². The standard InChI is InChI=1S/C25H27FN4O2/c1-29-24(14-23(28-29)17-7-9-19(26)10-8-17)22-15-30-12-11-18(22)13-21(30)16-32-25(31)27-20-5-3-2-4-6-20/h2-10,14,18,21-22H,11-13,15-16H2,1H3,(H,27,31)/t18-,21+,22-/m0/s1. The number of nitrogens with zero attached hydrogens (tertiary/aromatic N) is 3. The van der Waals surface area contributed by atoms with Gasteiger partial charge in [0.15, 0.2) is 0 Å². The number of carbonyl (C=O) groups is 1. The summed E-state index contributed by atoms with van der Waals surface area (Å²) in [6, 6.07) is 18.2. The number of piperidine rings is 3. The number of para-hydroxylation sites is 1. The van der Waals surface area contributed by atoms with Gasteiger partial charge in [-0.25, -0.2) is 9.18 Å². The van der Waals surface area contributed by atoms with Gasteiger partial charge < -0.3 is 4.74 Å². The molecule has 166 valence electrons. The molecule has 4 atom stereocenters. The number of halogens is 1. The quantitative estimate of drug-likeness (QED) is 0.635. The molecule has 0 aliphatic carbocycles. The van der Waals surface area contributed by atoms with E-state index in [9.17, 15) is 9.18 Å². The molecule has 1 N–H and O–H groups in total. The minimum Gasteiger partial charge on any atom is -0.448 e. The molecule has 32 heavy (non-hydrogen) atoms. The number of benzene rings is 2. The fraction of sp³-hybridized carbons (Fsp3) is 0.360. The smallest absolute Gasteiger partial charge is 0.411 e. The molecule has 1 aromatic heterocycles. The summed E-state index contributed by atoms with van der Waals surface area (Å²) in [4.78, 5) is 14.6. The van der Waals surface area contributed by atoms with Crippen molar-refractivity contribution in [3.05, 3.63) is 72.2 Å². The highest BCUT2D eigenvalue weighted by Crippen LogP contribution is 2.42. The highest BCUT2D eigenvalue weighted by atomic mass is 19.1. The largest absolute Gasteiger partial charge is 0.448 e. The van der Waals surface area contributed by atoms with Crippen LogP contribution < -0.4 is 5.32 Å². The van der Waals surface area contributed by atoms with Crippen LogP contribution in [0.3, 0.4) is 0 Å². The maximum Gasteiger partial charge on any atom is 0.411 e. The lowest BCUT2D eigenvalue weighted by Gasteiger charge is -2.49. The Morgan fingerprint density at radius 2 is 1.97 bits per heavy atom. The van der Waals surface area contributed by atoms with Gasteiger partial charge >= 0.3 is 6.09 Å². The van der Waals surface area contributed by atoms with E-state index in [4.69, 9.17) is 4.74 Å². The van der Waals surface area contributed by atoms with E-state index in [0.717, 1.165) is 42.9 Å². The molecular formula is C25H27FN4O2. The zero-order chi connectivity index (χ0) is 22.1. The monoisotopic (exact) mass is 434 g/mol. The van der Waals surface area contributed by atoms with E-state index in [1.54, 1.807) is 12.1 Å². The number of aromatic nitrogens is 2. The van der Waals surface area contributed by atoms with Crippen LogP contribution >= 0.6 is 0 Å². The first-order chi connectivity index (χ1) is 15.6. The van der Waals surface area contributed by atoms with Crippen molar-refractivity contribution in [3.8, 4) is 11.3 Å². The van der Waals surface area contributed by atoms with E-state index in [-0.39, 0.29) is 11.9 Å². The second-order valence-corrected chi connectivity index (χ2v) is 8.71. The van der Waals surface area contributed by atoms with Gasteiger partial charge in [0.05, 0.1) is 5.69 Å². The highest BCUT2D eigenvalue weighted by Gasteiger charge is 2.42. The molecule has 1 amide bonds. The molecule has 6 rings (SSSR count). The maximum atomic E-state index is 13.3. The first-order valence-electron chi connectivity index (χ1n) is 11.1. The second kappa shape index (κ2) is 8.74. The van der Waals surface area contributed by atoms with Gasteiger partial charge in [0.2, 0.25) is 0 Å². The Labute approximate surface area is 187 Å². The van der Waals surface area contributed by atoms with Crippen molar-refractivity contribution in [2.75, 3.05) is 25.0 Å². The van der Waals surface area contributed by atoms with E-state index in [1.165, 1.54) is 17.8 Å². The lowest BCUT2D eigenvalue weighted by molar-refractivity contribution is -0.00222. The summed E-state index contributed by atoms with van der Waals surface area (Å²) in [5.74, 6) is 0.681. The van der Waals surface area contributed by atoms with Crippen LogP contribution in [0.25, 0.3) is 11.3 Å². The average Bonchev–Trinajstić information content (AvgIpc) is 3.20. The number of fused-ring (bicyclic) bond motifs is 3. The number of rotatable bonds is 5. The molecule has 3 aromatic rings. The molecule has 1 unspecified atom stereocenters. The zero-order valence-corrected chi connectivity index (χ0v) is 18.1. The van der Waals surface area contributed by atoms with E-state index < -0.39 is 6.09 Å². The molecule has 6 nitrogen and oxygen atoms in total. The van der Waals surface area contributed by atoms with Crippen molar-refractivity contribution in [2.45, 2.75) is 24.8 Å². The predicted octanol–water partition coefficient (Wildman–Crippen LogP) is 4.65. The molecular weight excluding hydrogens is 407 g/mol. The molecule has 3 fully saturated rings. The van der Waals surface area contributed by atoms with Crippen LogP contribution in [-0.4, -0.2) is 46.5 Å². The van der Waals surface area contributed by atoms with Gasteiger partial charge in [-0.3, -0.25) is 14.9 Å². The van der Waals surface area contributed by atoms with E-state index in [1.807, 2.05) is 42.1 Å². The fourth-order valence-electron chi connectivity index (χ4n) is 5.08. The molecule has 0 radical (unpaired) electrons. The van der Waals surface area contributed by atoms with Gasteiger partial charge in [-0.1, -0.05) is 18.2 Å². The zero-order valence-electron chi connectivity index (χ0n) is 18.1. The molecule has 4 heterocycles. The topological polar surface area (TPSA) is 59.4 Å². The summed E-state index contributed by atoms with van der Waals surface area (Å²) in [6.07, 6.45) is 1.72. The van der Waals surface area contributed by atoms with E-state index >= 15 is 0 Å². The molecule has 7 heteroatoms. The van der Waals surface area contributed by atoms with Gasteiger partial charge in [-0.2, -0.15) is 5.10 Å². The second-order valence-electron chi connectivity index (χ2n) is 8.71. The Kier molecular flexibility index (Phi) is 5.66. The van der Waals surface area contributed by atoms with Gasteiger partial charge in [0.1, 0.15) is 12.4 Å². The van der Waals surface area contributed by atoms with E-state index in [2.05, 4.69) is 21.4 Å². The lowest BCUT2D eigenvalue weighted by atomic mass is 9.74. The predicted molar refractivity (Wildman–Crippen MR) is 121 cm³/mol. The fourth-order valence-corrected chi connectivity index (χ4v) is 5.08. The third-order valence-corrected chi connectivity index (χ3v) is 6.74. The van der Waals surface area contributed by atoms with Crippen LogP contribution in [0.1, 0.15) is 24.5 Å². The van der Waals surface area contributed by atoms with Gasteiger partial charge in [-0.05, 0) is 67.8 Å². The summed E-state index contributed by atoms with van der Waals surface area (Å²) in [5, 5.41) is 7.46. The van der Waals surface area contributed by atoms with Crippen LogP contribution in [0.15, 0.2) is 60.7 Å². The van der Waals surface area contributed by atoms with Crippen molar-refractivity contribution in [1.29, 1.82) is 0 Å². The summed E-state index contributed by atoms with van der Waals surface area (Å²) >= 11 is 0. The third-order valence-electron chi connectivity index (χ3n) is 6.74. The number of hydrogen-bond acceptors (Lipinski definition) is 4. The maximum absolute atomic E-state index is 13.3. The van der Waals surface area contributed by atoms with E-state index in [0.29, 0.717) is 18.4 Å². The van der Waals surface area contributed by atoms with Crippen LogP contribution in [0.5, 0.6) is 0 Å². The number of hydrogen-bond donors (Lipinski definition) is 1. The molecule has 3 saturated heterocycles. The van der Waals surface area contributed by atoms with Crippen molar-refractivity contribution in [3.63, 3.8) is 0 Å². The Morgan fingerprint density at radius 3 is 2.69 bits per heavy atom. The van der Waals surface area contributed by atoms with Crippen LogP contribution in [-0.2, 0) is 11.8 Å². The highest BCUT2D eigenvalue weighted by molar-refractivity contribution is 5.84. The number of ether oxygens (including phenoxy) is 1. The van der Waals surface area contributed by atoms with Crippen molar-refractivity contribution >= 4 is 11.8 Å². The molecule has 3 aliphatic rings. The van der Waals surface area contributed by atoms with Crippen molar-refractivity contribution < 1.29 is 13.9 Å². The SMILES string of the molecule is Cn1nc(-c2ccc(F)cc2)cc1[C@H]1CN2CC[C@H]1C[C@@H]2COC(=O)Nc1ccccc1. The van der Waals surface area contributed by atoms with Crippen LogP contribution in [0, 0.1) is 11.7 Å². The number of amides is 1. The minimum atomic E-state index is -0.411.